The van der Waals surface area contributed by atoms with Crippen LogP contribution >= 0.6 is 11.3 Å². The Kier molecular flexibility index (Phi) is 2.82. The first-order valence-corrected chi connectivity index (χ1v) is 5.34. The molecule has 8 heteroatoms. The van der Waals surface area contributed by atoms with Crippen LogP contribution in [0.25, 0.3) is 0 Å². The van der Waals surface area contributed by atoms with E-state index < -0.39 is 4.92 Å². The highest BCUT2D eigenvalue weighted by molar-refractivity contribution is 7.09. The molecule has 0 aliphatic rings. The number of rotatable bonds is 4. The molecule has 0 radical (unpaired) electrons. The zero-order chi connectivity index (χ0) is 11.5. The second kappa shape index (κ2) is 4.27. The highest BCUT2D eigenvalue weighted by atomic mass is 32.1. The van der Waals surface area contributed by atoms with E-state index in [0.717, 1.165) is 5.01 Å². The van der Waals surface area contributed by atoms with Crippen molar-refractivity contribution in [3.63, 3.8) is 0 Å². The van der Waals surface area contributed by atoms with Crippen LogP contribution in [0.3, 0.4) is 0 Å². The van der Waals surface area contributed by atoms with E-state index in [2.05, 4.69) is 15.3 Å². The van der Waals surface area contributed by atoms with Gasteiger partial charge in [-0.1, -0.05) is 0 Å². The van der Waals surface area contributed by atoms with E-state index in [0.29, 0.717) is 12.4 Å². The van der Waals surface area contributed by atoms with E-state index in [-0.39, 0.29) is 5.82 Å². The molecule has 2 aromatic heterocycles. The number of nitrogens with one attached hydrogen (secondary N) is 1. The van der Waals surface area contributed by atoms with Crippen molar-refractivity contribution in [1.82, 2.24) is 14.5 Å². The molecule has 2 heterocycles. The lowest BCUT2D eigenvalue weighted by Crippen LogP contribution is -2.05. The van der Waals surface area contributed by atoms with E-state index in [1.807, 2.05) is 5.38 Å². The van der Waals surface area contributed by atoms with Crippen molar-refractivity contribution in [2.24, 2.45) is 7.05 Å². The summed E-state index contributed by atoms with van der Waals surface area (Å²) in [7, 11) is 1.70. The third kappa shape index (κ3) is 2.01. The van der Waals surface area contributed by atoms with Crippen LogP contribution in [0.2, 0.25) is 0 Å². The maximum absolute atomic E-state index is 10.7. The fourth-order valence-corrected chi connectivity index (χ4v) is 1.81. The van der Waals surface area contributed by atoms with Gasteiger partial charge in [0, 0.05) is 18.6 Å². The Bertz CT molecular complexity index is 493. The van der Waals surface area contributed by atoms with Crippen molar-refractivity contribution in [3.05, 3.63) is 33.0 Å². The van der Waals surface area contributed by atoms with Crippen LogP contribution in [0, 0.1) is 10.1 Å². The quantitative estimate of drug-likeness (QED) is 0.643. The standard InChI is InChI=1S/C8H9N5O2S/c1-12-5-11-8(13(14)15)7(12)10-4-6-9-2-3-16-6/h2-3,5,10H,4H2,1H3. The fraction of sp³-hybridized carbons (Fsp3) is 0.250. The van der Waals surface area contributed by atoms with Crippen LogP contribution in [0.1, 0.15) is 5.01 Å². The highest BCUT2D eigenvalue weighted by Crippen LogP contribution is 2.21. The first-order valence-electron chi connectivity index (χ1n) is 4.46. The van der Waals surface area contributed by atoms with Gasteiger partial charge in [-0.3, -0.25) is 4.57 Å². The molecule has 0 fully saturated rings. The van der Waals surface area contributed by atoms with E-state index in [1.54, 1.807) is 17.8 Å². The predicted octanol–water partition coefficient (Wildman–Crippen LogP) is 1.40. The van der Waals surface area contributed by atoms with E-state index in [1.165, 1.54) is 17.7 Å². The average Bonchev–Trinajstić information content (AvgIpc) is 2.84. The molecule has 0 aliphatic carbocycles. The Morgan fingerprint density at radius 1 is 1.62 bits per heavy atom. The topological polar surface area (TPSA) is 85.9 Å². The van der Waals surface area contributed by atoms with Gasteiger partial charge in [0.15, 0.2) is 0 Å². The molecule has 0 spiro atoms. The van der Waals surface area contributed by atoms with Crippen molar-refractivity contribution in [3.8, 4) is 0 Å². The van der Waals surface area contributed by atoms with Crippen LogP contribution in [0.4, 0.5) is 11.6 Å². The number of thiazole rings is 1. The van der Waals surface area contributed by atoms with Crippen LogP contribution in [0.15, 0.2) is 17.9 Å². The normalized spacial score (nSPS) is 10.3. The van der Waals surface area contributed by atoms with Crippen molar-refractivity contribution >= 4 is 23.0 Å². The molecule has 0 saturated carbocycles. The van der Waals surface area contributed by atoms with Crippen molar-refractivity contribution in [1.29, 1.82) is 0 Å². The molecule has 0 saturated heterocycles. The van der Waals surface area contributed by atoms with Gasteiger partial charge < -0.3 is 15.4 Å². The molecule has 1 N–H and O–H groups in total. The lowest BCUT2D eigenvalue weighted by molar-refractivity contribution is -0.388. The van der Waals surface area contributed by atoms with E-state index in [9.17, 15) is 10.1 Å². The number of nitrogens with zero attached hydrogens (tertiary/aromatic N) is 4. The van der Waals surface area contributed by atoms with Gasteiger partial charge in [-0.05, 0) is 9.91 Å². The average molecular weight is 239 g/mol. The van der Waals surface area contributed by atoms with E-state index in [4.69, 9.17) is 0 Å². The minimum absolute atomic E-state index is 0.168. The first-order chi connectivity index (χ1) is 7.68. The maximum Gasteiger partial charge on any atom is 0.406 e. The fourth-order valence-electron chi connectivity index (χ4n) is 1.25. The highest BCUT2D eigenvalue weighted by Gasteiger charge is 2.19. The van der Waals surface area contributed by atoms with Gasteiger partial charge in [-0.15, -0.1) is 11.3 Å². The van der Waals surface area contributed by atoms with Gasteiger partial charge in [-0.25, -0.2) is 4.98 Å². The number of imidazole rings is 1. The van der Waals surface area contributed by atoms with Crippen molar-refractivity contribution in [2.75, 3.05) is 5.32 Å². The van der Waals surface area contributed by atoms with Gasteiger partial charge >= 0.3 is 5.82 Å². The largest absolute Gasteiger partial charge is 0.406 e. The number of aromatic nitrogens is 3. The van der Waals surface area contributed by atoms with Gasteiger partial charge in [0.25, 0.3) is 0 Å². The smallest absolute Gasteiger partial charge is 0.358 e. The lowest BCUT2D eigenvalue weighted by Gasteiger charge is -2.03. The predicted molar refractivity (Wildman–Crippen MR) is 59.3 cm³/mol. The molecule has 84 valence electrons. The molecule has 0 aromatic carbocycles. The lowest BCUT2D eigenvalue weighted by atomic mass is 10.5. The summed E-state index contributed by atoms with van der Waals surface area (Å²) in [5, 5.41) is 16.4. The molecule has 0 amide bonds. The molecule has 0 aliphatic heterocycles. The molecule has 0 bridgehead atoms. The second-order valence-electron chi connectivity index (χ2n) is 3.06. The third-order valence-electron chi connectivity index (χ3n) is 1.98. The van der Waals surface area contributed by atoms with Gasteiger partial charge in [-0.2, -0.15) is 0 Å². The summed E-state index contributed by atoms with van der Waals surface area (Å²) in [4.78, 5) is 17.9. The first kappa shape index (κ1) is 10.6. The molecular weight excluding hydrogens is 230 g/mol. The third-order valence-corrected chi connectivity index (χ3v) is 2.76. The Morgan fingerprint density at radius 3 is 3.06 bits per heavy atom. The molecular formula is C8H9N5O2S. The monoisotopic (exact) mass is 239 g/mol. The second-order valence-corrected chi connectivity index (χ2v) is 4.04. The van der Waals surface area contributed by atoms with Crippen LogP contribution in [-0.2, 0) is 13.6 Å². The summed E-state index contributed by atoms with van der Waals surface area (Å²) in [6.07, 6.45) is 3.10. The Hall–Kier alpha value is -1.96. The summed E-state index contributed by atoms with van der Waals surface area (Å²) in [6.45, 7) is 0.456. The Balaban J connectivity index is 2.14. The minimum Gasteiger partial charge on any atom is -0.358 e. The summed E-state index contributed by atoms with van der Waals surface area (Å²) < 4.78 is 1.58. The van der Waals surface area contributed by atoms with E-state index >= 15 is 0 Å². The number of hydrogen-bond acceptors (Lipinski definition) is 6. The summed E-state index contributed by atoms with van der Waals surface area (Å²) in [5.41, 5.74) is 0. The molecule has 7 nitrogen and oxygen atoms in total. The zero-order valence-corrected chi connectivity index (χ0v) is 9.27. The van der Waals surface area contributed by atoms with Crippen LogP contribution in [-0.4, -0.2) is 19.5 Å². The summed E-state index contributed by atoms with van der Waals surface area (Å²) in [6, 6.07) is 0. The summed E-state index contributed by atoms with van der Waals surface area (Å²) in [5.74, 6) is 0.222. The Morgan fingerprint density at radius 2 is 2.44 bits per heavy atom. The number of nitro groups is 1. The molecule has 0 atom stereocenters. The Labute approximate surface area is 94.9 Å². The molecule has 0 unspecified atom stereocenters. The SMILES string of the molecule is Cn1cnc([N+](=O)[O-])c1NCc1nccs1. The number of aryl methyl sites for hydroxylation is 1. The van der Waals surface area contributed by atoms with Gasteiger partial charge in [0.2, 0.25) is 12.1 Å². The summed E-state index contributed by atoms with van der Waals surface area (Å²) >= 11 is 1.49. The van der Waals surface area contributed by atoms with Crippen molar-refractivity contribution in [2.45, 2.75) is 6.54 Å². The molecule has 2 rings (SSSR count). The minimum atomic E-state index is -0.510. The van der Waals surface area contributed by atoms with Gasteiger partial charge in [0.1, 0.15) is 5.01 Å². The van der Waals surface area contributed by atoms with Crippen molar-refractivity contribution < 1.29 is 4.92 Å². The number of hydrogen-bond donors (Lipinski definition) is 1. The van der Waals surface area contributed by atoms with Crippen LogP contribution < -0.4 is 5.32 Å². The van der Waals surface area contributed by atoms with Crippen LogP contribution in [0.5, 0.6) is 0 Å². The molecule has 16 heavy (non-hydrogen) atoms. The number of anilines is 1. The molecule has 2 aromatic rings. The van der Waals surface area contributed by atoms with Gasteiger partial charge in [0.05, 0.1) is 6.54 Å². The zero-order valence-electron chi connectivity index (χ0n) is 8.45. The maximum atomic E-state index is 10.7.